The summed E-state index contributed by atoms with van der Waals surface area (Å²) in [4.78, 5) is 14.6. The van der Waals surface area contributed by atoms with E-state index in [1.54, 1.807) is 25.1 Å². The summed E-state index contributed by atoms with van der Waals surface area (Å²) in [5.74, 6) is -0.370. The van der Waals surface area contributed by atoms with Crippen LogP contribution in [0.4, 0.5) is 0 Å². The number of sulfonamides is 1. The second kappa shape index (κ2) is 13.1. The molecule has 11 heteroatoms. The molecule has 1 fully saturated rings. The van der Waals surface area contributed by atoms with Gasteiger partial charge in [-0.05, 0) is 75.6 Å². The Hall–Kier alpha value is -3.70. The van der Waals surface area contributed by atoms with Crippen molar-refractivity contribution in [1.82, 2.24) is 24.2 Å². The quantitative estimate of drug-likeness (QED) is 0.338. The lowest BCUT2D eigenvalue weighted by Gasteiger charge is -2.33. The fraction of sp³-hybridized carbons (Fsp3) is 0.452. The highest BCUT2D eigenvalue weighted by Crippen LogP contribution is 2.27. The Bertz CT molecular complexity index is 1620. The number of carbonyl (C=O) groups excluding carboxylic acids is 1. The first-order valence-corrected chi connectivity index (χ1v) is 16.1. The Balaban J connectivity index is 1.32. The van der Waals surface area contributed by atoms with Crippen LogP contribution in [0, 0.1) is 0 Å². The molecule has 0 radical (unpaired) electrons. The van der Waals surface area contributed by atoms with E-state index in [1.807, 2.05) is 40.0 Å². The number of hydrogen-bond acceptors (Lipinski definition) is 8. The van der Waals surface area contributed by atoms with Crippen molar-refractivity contribution in [2.24, 2.45) is 0 Å². The van der Waals surface area contributed by atoms with Crippen LogP contribution in [0.2, 0.25) is 0 Å². The highest BCUT2D eigenvalue weighted by molar-refractivity contribution is 7.89. The van der Waals surface area contributed by atoms with Crippen LogP contribution in [0.25, 0.3) is 12.0 Å². The molecule has 0 spiro atoms. The molecule has 0 saturated carbocycles. The molecule has 2 aromatic carbocycles. The average Bonchev–Trinajstić information content (AvgIpc) is 3.43. The number of rotatable bonds is 11. The minimum Gasteiger partial charge on any atom is -0.508 e. The maximum atomic E-state index is 13.7. The van der Waals surface area contributed by atoms with Crippen molar-refractivity contribution in [1.29, 1.82) is 0 Å². The molecule has 3 aromatic rings. The van der Waals surface area contributed by atoms with Crippen LogP contribution in [-0.4, -0.2) is 69.4 Å². The van der Waals surface area contributed by atoms with Gasteiger partial charge in [-0.25, -0.2) is 13.1 Å². The van der Waals surface area contributed by atoms with E-state index in [9.17, 15) is 18.3 Å². The predicted molar refractivity (Wildman–Crippen MR) is 159 cm³/mol. The Morgan fingerprint density at radius 3 is 2.69 bits per heavy atom. The maximum absolute atomic E-state index is 13.7. The largest absolute Gasteiger partial charge is 0.508 e. The third-order valence-electron chi connectivity index (χ3n) is 7.91. The van der Waals surface area contributed by atoms with Gasteiger partial charge < -0.3 is 14.7 Å². The minimum atomic E-state index is -3.91. The molecule has 2 unspecified atom stereocenters. The summed E-state index contributed by atoms with van der Waals surface area (Å²) < 4.78 is 35.6. The Labute approximate surface area is 247 Å². The van der Waals surface area contributed by atoms with E-state index in [0.717, 1.165) is 36.6 Å². The number of fused-ring (bicyclic) bond motifs is 1. The smallest absolute Gasteiger partial charge is 0.324 e. The van der Waals surface area contributed by atoms with Crippen molar-refractivity contribution in [3.8, 4) is 0 Å². The molecular weight excluding hydrogens is 554 g/mol. The van der Waals surface area contributed by atoms with E-state index in [-0.39, 0.29) is 36.4 Å². The Morgan fingerprint density at radius 1 is 1.12 bits per heavy atom. The van der Waals surface area contributed by atoms with Gasteiger partial charge in [0.1, 0.15) is 17.2 Å². The SMILES string of the molecule is CCOC(=O)C1CCCCN1S(=O)(=O)c1cccc(CN2C=c3c(nnn3C(C)CCCc3ccccc3)=C(O)C2)c1. The molecule has 10 nitrogen and oxygen atoms in total. The Morgan fingerprint density at radius 2 is 1.90 bits per heavy atom. The average molecular weight is 594 g/mol. The fourth-order valence-electron chi connectivity index (χ4n) is 5.75. The highest BCUT2D eigenvalue weighted by atomic mass is 32.2. The first-order chi connectivity index (χ1) is 20.3. The molecule has 1 saturated heterocycles. The lowest BCUT2D eigenvalue weighted by Crippen LogP contribution is -2.48. The third-order valence-corrected chi connectivity index (χ3v) is 9.82. The summed E-state index contributed by atoms with van der Waals surface area (Å²) in [7, 11) is -3.91. The molecule has 1 aromatic heterocycles. The second-order valence-electron chi connectivity index (χ2n) is 11.0. The number of ether oxygens (including phenoxy) is 1. The molecule has 224 valence electrons. The van der Waals surface area contributed by atoms with Crippen molar-refractivity contribution in [3.63, 3.8) is 0 Å². The van der Waals surface area contributed by atoms with Crippen LogP contribution in [0.15, 0.2) is 59.5 Å². The van der Waals surface area contributed by atoms with E-state index in [1.165, 1.54) is 9.87 Å². The molecule has 42 heavy (non-hydrogen) atoms. The topological polar surface area (TPSA) is 118 Å². The van der Waals surface area contributed by atoms with E-state index < -0.39 is 22.0 Å². The van der Waals surface area contributed by atoms with Gasteiger partial charge in [-0.3, -0.25) is 4.79 Å². The highest BCUT2D eigenvalue weighted by Gasteiger charge is 2.38. The molecule has 1 N–H and O–H groups in total. The number of aryl methyl sites for hydroxylation is 1. The predicted octanol–water partition coefficient (Wildman–Crippen LogP) is 2.89. The number of hydrogen-bond donors (Lipinski definition) is 1. The number of piperidine rings is 1. The summed E-state index contributed by atoms with van der Waals surface area (Å²) in [6.45, 7) is 4.92. The number of esters is 1. The maximum Gasteiger partial charge on any atom is 0.324 e. The lowest BCUT2D eigenvalue weighted by atomic mass is 10.1. The number of benzene rings is 2. The van der Waals surface area contributed by atoms with E-state index in [4.69, 9.17) is 4.74 Å². The summed E-state index contributed by atoms with van der Waals surface area (Å²) in [6.07, 6.45) is 6.74. The van der Waals surface area contributed by atoms with Gasteiger partial charge in [0.25, 0.3) is 0 Å². The van der Waals surface area contributed by atoms with Crippen molar-refractivity contribution in [3.05, 3.63) is 76.4 Å². The molecule has 0 aliphatic carbocycles. The van der Waals surface area contributed by atoms with Crippen LogP contribution < -0.4 is 10.7 Å². The number of aliphatic hydroxyl groups excluding tert-OH is 1. The lowest BCUT2D eigenvalue weighted by molar-refractivity contribution is -0.148. The van der Waals surface area contributed by atoms with Crippen LogP contribution in [0.5, 0.6) is 0 Å². The number of aliphatic hydroxyl groups is 1. The van der Waals surface area contributed by atoms with Crippen LogP contribution in [0.3, 0.4) is 0 Å². The third kappa shape index (κ3) is 6.52. The summed E-state index contributed by atoms with van der Waals surface area (Å²) in [5, 5.41) is 20.6. The van der Waals surface area contributed by atoms with Crippen LogP contribution in [0.1, 0.15) is 63.1 Å². The first kappa shape index (κ1) is 29.8. The first-order valence-electron chi connectivity index (χ1n) is 14.7. The number of nitrogens with zero attached hydrogens (tertiary/aromatic N) is 5. The van der Waals surface area contributed by atoms with Gasteiger partial charge in [0.15, 0.2) is 5.35 Å². The zero-order chi connectivity index (χ0) is 29.7. The van der Waals surface area contributed by atoms with Crippen molar-refractivity contribution in [2.45, 2.75) is 75.9 Å². The summed E-state index contributed by atoms with van der Waals surface area (Å²) in [5.41, 5.74) is 2.07. The van der Waals surface area contributed by atoms with Crippen LogP contribution >= 0.6 is 0 Å². The zero-order valence-corrected chi connectivity index (χ0v) is 25.0. The summed E-state index contributed by atoms with van der Waals surface area (Å²) in [6, 6.07) is 16.4. The molecule has 2 aliphatic heterocycles. The van der Waals surface area contributed by atoms with E-state index in [2.05, 4.69) is 29.4 Å². The van der Waals surface area contributed by atoms with Gasteiger partial charge in [-0.2, -0.15) is 4.31 Å². The van der Waals surface area contributed by atoms with Gasteiger partial charge in [-0.15, -0.1) is 5.10 Å². The van der Waals surface area contributed by atoms with E-state index >= 15 is 0 Å². The van der Waals surface area contributed by atoms with Crippen molar-refractivity contribution in [2.75, 3.05) is 19.7 Å². The fourth-order valence-corrected chi connectivity index (χ4v) is 7.47. The standard InChI is InChI=1S/C31H39N5O5S/c1-3-41-31(38)27-17-7-8-18-35(27)42(39,40)26-16-10-15-25(19-26)20-34-21-28-30(29(37)22-34)32-33-36(28)23(2)11-9-14-24-12-5-4-6-13-24/h4-6,10,12-13,15-16,19,21,23,27,37H,3,7-9,11,14,17-18,20,22H2,1-2H3. The van der Waals surface area contributed by atoms with Gasteiger partial charge in [-0.1, -0.05) is 47.7 Å². The van der Waals surface area contributed by atoms with Gasteiger partial charge >= 0.3 is 5.97 Å². The molecular formula is C31H39N5O5S. The number of aromatic nitrogens is 3. The van der Waals surface area contributed by atoms with Crippen molar-refractivity contribution < 1.29 is 23.1 Å². The molecule has 0 amide bonds. The number of carbonyl (C=O) groups is 1. The Kier molecular flexibility index (Phi) is 9.27. The van der Waals surface area contributed by atoms with Gasteiger partial charge in [0, 0.05) is 19.3 Å². The molecule has 2 atom stereocenters. The van der Waals surface area contributed by atoms with Crippen LogP contribution in [-0.2, 0) is 32.5 Å². The minimum absolute atomic E-state index is 0.0827. The summed E-state index contributed by atoms with van der Waals surface area (Å²) >= 11 is 0. The normalized spacial score (nSPS) is 18.3. The molecule has 3 heterocycles. The van der Waals surface area contributed by atoms with Gasteiger partial charge in [0.05, 0.1) is 24.1 Å². The second-order valence-corrected chi connectivity index (χ2v) is 12.9. The van der Waals surface area contributed by atoms with E-state index in [0.29, 0.717) is 24.7 Å². The monoisotopic (exact) mass is 593 g/mol. The van der Waals surface area contributed by atoms with Crippen molar-refractivity contribution >= 4 is 28.0 Å². The molecule has 2 aliphatic rings. The molecule has 0 bridgehead atoms. The van der Waals surface area contributed by atoms with Gasteiger partial charge in [0.2, 0.25) is 10.0 Å². The molecule has 5 rings (SSSR count). The zero-order valence-electron chi connectivity index (χ0n) is 24.2.